The number of rotatable bonds is 5. The molecule has 0 radical (unpaired) electrons. The molecule has 0 bridgehead atoms. The molecule has 30 heavy (non-hydrogen) atoms. The summed E-state index contributed by atoms with van der Waals surface area (Å²) in [6.07, 6.45) is -2.08. The van der Waals surface area contributed by atoms with Crippen LogP contribution in [-0.2, 0) is 23.8 Å². The summed E-state index contributed by atoms with van der Waals surface area (Å²) in [4.78, 5) is 38.8. The first-order valence-corrected chi connectivity index (χ1v) is 12.2. The minimum absolute atomic E-state index is 0.464. The van der Waals surface area contributed by atoms with Crippen molar-refractivity contribution in [3.63, 3.8) is 0 Å². The van der Waals surface area contributed by atoms with Crippen LogP contribution in [0.1, 0.15) is 20.8 Å². The fourth-order valence-electron chi connectivity index (χ4n) is 3.04. The Morgan fingerprint density at radius 2 is 1.63 bits per heavy atom. The molecule has 0 unspecified atom stereocenters. The molecule has 2 fully saturated rings. The third kappa shape index (κ3) is 5.82. The number of carbonyl (C=O) groups is 3. The first kappa shape index (κ1) is 27.0. The van der Waals surface area contributed by atoms with E-state index in [1.807, 2.05) is 0 Å². The lowest BCUT2D eigenvalue weighted by Crippen LogP contribution is -2.74. The average molecular weight is 631 g/mol. The molecule has 0 aromatic rings. The van der Waals surface area contributed by atoms with Crippen LogP contribution in [0.4, 0.5) is 4.79 Å². The predicted molar refractivity (Wildman–Crippen MR) is 121 cm³/mol. The molecule has 0 N–H and O–H groups in total. The van der Waals surface area contributed by atoms with E-state index in [0.29, 0.717) is 0 Å². The van der Waals surface area contributed by atoms with Crippen molar-refractivity contribution >= 4 is 115 Å². The van der Waals surface area contributed by atoms with Gasteiger partial charge in [0.15, 0.2) is 4.32 Å². The highest BCUT2D eigenvalue weighted by atomic mass is 79.9. The molecule has 0 spiro atoms. The second-order valence-electron chi connectivity index (χ2n) is 7.09. The highest BCUT2D eigenvalue weighted by Gasteiger charge is 2.73. The zero-order valence-corrected chi connectivity index (χ0v) is 22.5. The van der Waals surface area contributed by atoms with Gasteiger partial charge in [0.2, 0.25) is 13.5 Å². The molecule has 15 heteroatoms. The summed E-state index contributed by atoms with van der Waals surface area (Å²) >= 11 is 38.2. The minimum Gasteiger partial charge on any atom is -0.460 e. The number of esters is 1. The van der Waals surface area contributed by atoms with Gasteiger partial charge in [0.1, 0.15) is 30.7 Å². The van der Waals surface area contributed by atoms with Crippen LogP contribution in [0.25, 0.3) is 0 Å². The molecule has 172 valence electrons. The third-order valence-corrected chi connectivity index (χ3v) is 8.37. The quantitative estimate of drug-likeness (QED) is 0.240. The second-order valence-corrected chi connectivity index (χ2v) is 15.2. The highest BCUT2D eigenvalue weighted by Crippen LogP contribution is 2.59. The molecule has 7 nitrogen and oxygen atoms in total. The van der Waals surface area contributed by atoms with Gasteiger partial charge in [0.25, 0.3) is 0 Å². The number of nitrogens with zero attached hydrogens (tertiary/aromatic N) is 1. The van der Waals surface area contributed by atoms with Crippen molar-refractivity contribution in [2.45, 2.75) is 54.9 Å². The van der Waals surface area contributed by atoms with Gasteiger partial charge < -0.3 is 19.1 Å². The fourth-order valence-corrected chi connectivity index (χ4v) is 5.87. The maximum absolute atomic E-state index is 13.0. The van der Waals surface area contributed by atoms with Crippen molar-refractivity contribution in [3.8, 4) is 0 Å². The van der Waals surface area contributed by atoms with Gasteiger partial charge in [-0.15, -0.1) is 11.8 Å². The van der Waals surface area contributed by atoms with Crippen LogP contribution in [0.5, 0.6) is 0 Å². The van der Waals surface area contributed by atoms with E-state index in [4.69, 9.17) is 83.8 Å². The van der Waals surface area contributed by atoms with Crippen molar-refractivity contribution in [3.05, 3.63) is 0 Å². The van der Waals surface area contributed by atoms with Crippen molar-refractivity contribution in [1.29, 1.82) is 0 Å². The van der Waals surface area contributed by atoms with E-state index in [-0.39, 0.29) is 0 Å². The Kier molecular flexibility index (Phi) is 8.29. The first-order valence-electron chi connectivity index (χ1n) is 8.23. The molecular weight excluding hydrogens is 615 g/mol. The lowest BCUT2D eigenvalue weighted by Gasteiger charge is -2.51. The number of fused-ring (bicyclic) bond motifs is 1. The Labute approximate surface area is 215 Å². The fraction of sp³-hybridized carbons (Fsp3) is 0.800. The molecule has 2 aliphatic heterocycles. The van der Waals surface area contributed by atoms with Crippen molar-refractivity contribution in [2.75, 3.05) is 13.2 Å². The number of amides is 1. The Bertz CT molecular complexity index is 731. The summed E-state index contributed by atoms with van der Waals surface area (Å²) in [5.74, 6) is -1.18. The Balaban J connectivity index is 2.10. The Hall–Kier alpha value is 0.780. The molecule has 0 aliphatic carbocycles. The maximum atomic E-state index is 13.0. The standard InChI is InChI=1S/C15H16BrCl6NO6S/c1-6(29-11(26)28-5-14(20,21)22)15(16)9(25)23-7(12(2,3)30-10(15)23)8(24)27-4-13(17,18)19/h6-7,10H,4-5H2,1-3H3/t6-,7+,10-,15+/m1/s1. The predicted octanol–water partition coefficient (Wildman–Crippen LogP) is 5.01. The molecule has 0 aromatic carbocycles. The van der Waals surface area contributed by atoms with Crippen LogP contribution in [-0.4, -0.2) is 70.3 Å². The zero-order valence-electron chi connectivity index (χ0n) is 15.6. The average Bonchev–Trinajstić information content (AvgIpc) is 2.85. The SMILES string of the molecule is C[C@@H](OC(=O)OCC(Cl)(Cl)Cl)[C@]1(Br)C(=O)N2[C@@H](C(=O)OCC(Cl)(Cl)Cl)C(C)(C)S[C@@H]21. The van der Waals surface area contributed by atoms with Crippen molar-refractivity contribution < 1.29 is 28.6 Å². The number of ether oxygens (including phenoxy) is 3. The topological polar surface area (TPSA) is 82.1 Å². The van der Waals surface area contributed by atoms with E-state index in [2.05, 4.69) is 15.9 Å². The van der Waals surface area contributed by atoms with Crippen LogP contribution < -0.4 is 0 Å². The van der Waals surface area contributed by atoms with Gasteiger partial charge in [-0.3, -0.25) is 4.79 Å². The number of β-lactam (4-membered cyclic amide) rings is 1. The first-order chi connectivity index (χ1) is 13.4. The van der Waals surface area contributed by atoms with E-state index in [9.17, 15) is 14.4 Å². The third-order valence-electron chi connectivity index (χ3n) is 4.35. The maximum Gasteiger partial charge on any atom is 0.508 e. The van der Waals surface area contributed by atoms with Crippen LogP contribution in [0, 0.1) is 0 Å². The van der Waals surface area contributed by atoms with Crippen LogP contribution in [0.2, 0.25) is 0 Å². The highest BCUT2D eigenvalue weighted by molar-refractivity contribution is 9.10. The van der Waals surface area contributed by atoms with Gasteiger partial charge in [-0.05, 0) is 20.8 Å². The van der Waals surface area contributed by atoms with Crippen LogP contribution >= 0.6 is 97.3 Å². The smallest absolute Gasteiger partial charge is 0.460 e. The van der Waals surface area contributed by atoms with Gasteiger partial charge in [-0.25, -0.2) is 9.59 Å². The minimum atomic E-state index is -1.80. The van der Waals surface area contributed by atoms with E-state index in [1.54, 1.807) is 13.8 Å². The molecule has 1 amide bonds. The Morgan fingerprint density at radius 3 is 2.13 bits per heavy atom. The van der Waals surface area contributed by atoms with E-state index >= 15 is 0 Å². The van der Waals surface area contributed by atoms with Gasteiger partial charge in [0, 0.05) is 4.75 Å². The number of carbonyl (C=O) groups excluding carboxylic acids is 3. The summed E-state index contributed by atoms with van der Waals surface area (Å²) in [6.45, 7) is 4.06. The molecule has 2 aliphatic rings. The summed E-state index contributed by atoms with van der Waals surface area (Å²) in [5.41, 5.74) is 0. The van der Waals surface area contributed by atoms with Gasteiger partial charge >= 0.3 is 12.1 Å². The number of hydrogen-bond acceptors (Lipinski definition) is 7. The lowest BCUT2D eigenvalue weighted by atomic mass is 9.88. The normalized spacial score (nSPS) is 29.0. The summed E-state index contributed by atoms with van der Waals surface area (Å²) in [7, 11) is 0. The molecular formula is C15H16BrCl6NO6S. The monoisotopic (exact) mass is 627 g/mol. The zero-order chi connectivity index (χ0) is 23.3. The molecule has 2 rings (SSSR count). The molecule has 0 aromatic heterocycles. The van der Waals surface area contributed by atoms with Crippen molar-refractivity contribution in [2.24, 2.45) is 0 Å². The van der Waals surface area contributed by atoms with Gasteiger partial charge in [-0.1, -0.05) is 85.5 Å². The molecule has 0 saturated carbocycles. The lowest BCUT2D eigenvalue weighted by molar-refractivity contribution is -0.167. The van der Waals surface area contributed by atoms with Gasteiger partial charge in [-0.2, -0.15) is 0 Å². The van der Waals surface area contributed by atoms with E-state index < -0.39 is 65.4 Å². The number of hydrogen-bond donors (Lipinski definition) is 0. The van der Waals surface area contributed by atoms with Gasteiger partial charge in [0.05, 0.1) is 0 Å². The van der Waals surface area contributed by atoms with Crippen LogP contribution in [0.15, 0.2) is 0 Å². The Morgan fingerprint density at radius 1 is 1.13 bits per heavy atom. The second kappa shape index (κ2) is 9.20. The van der Waals surface area contributed by atoms with E-state index in [0.717, 1.165) is 0 Å². The molecule has 4 atom stereocenters. The number of thioether (sulfide) groups is 1. The molecule has 2 heterocycles. The molecule has 2 saturated heterocycles. The number of alkyl halides is 7. The summed E-state index contributed by atoms with van der Waals surface area (Å²) in [5, 5.41) is -0.540. The van der Waals surface area contributed by atoms with E-state index in [1.165, 1.54) is 23.6 Å². The summed E-state index contributed by atoms with van der Waals surface area (Å²) in [6, 6.07) is -0.929. The number of halogens is 7. The van der Waals surface area contributed by atoms with Crippen molar-refractivity contribution in [1.82, 2.24) is 4.90 Å². The largest absolute Gasteiger partial charge is 0.508 e. The summed E-state index contributed by atoms with van der Waals surface area (Å²) < 4.78 is 9.39. The van der Waals surface area contributed by atoms with Crippen LogP contribution in [0.3, 0.4) is 0 Å².